The van der Waals surface area contributed by atoms with E-state index in [4.69, 9.17) is 4.74 Å². The lowest BCUT2D eigenvalue weighted by Crippen LogP contribution is -2.32. The van der Waals surface area contributed by atoms with E-state index in [2.05, 4.69) is 43.5 Å². The average Bonchev–Trinajstić information content (AvgIpc) is 2.70. The Morgan fingerprint density at radius 1 is 1.22 bits per heavy atom. The monoisotopic (exact) mass is 246 g/mol. The Labute approximate surface area is 109 Å². The van der Waals surface area contributed by atoms with Gasteiger partial charge in [-0.25, -0.2) is 0 Å². The third-order valence-corrected chi connectivity index (χ3v) is 3.81. The molecular formula is C15H22N2O. The molecule has 0 aliphatic carbocycles. The van der Waals surface area contributed by atoms with E-state index in [-0.39, 0.29) is 11.1 Å². The van der Waals surface area contributed by atoms with E-state index in [0.29, 0.717) is 6.04 Å². The SMILES string of the molecule is CC1(C)Nc2cc3c(cc2O1)NC(C(C)(C)C)C3. The second-order valence-electron chi connectivity index (χ2n) is 7.01. The molecule has 1 aromatic carbocycles. The second kappa shape index (κ2) is 3.34. The van der Waals surface area contributed by atoms with Crippen molar-refractivity contribution in [1.29, 1.82) is 0 Å². The molecule has 2 aliphatic rings. The molecule has 0 fully saturated rings. The Morgan fingerprint density at radius 3 is 2.61 bits per heavy atom. The van der Waals surface area contributed by atoms with Gasteiger partial charge in [-0.15, -0.1) is 0 Å². The van der Waals surface area contributed by atoms with Crippen molar-refractivity contribution in [3.63, 3.8) is 0 Å². The molecule has 1 unspecified atom stereocenters. The zero-order chi connectivity index (χ0) is 13.1. The van der Waals surface area contributed by atoms with E-state index in [1.165, 1.54) is 11.3 Å². The number of anilines is 2. The predicted octanol–water partition coefficient (Wildman–Crippen LogP) is 3.61. The molecule has 0 saturated heterocycles. The first kappa shape index (κ1) is 11.7. The smallest absolute Gasteiger partial charge is 0.175 e. The Balaban J connectivity index is 1.92. The number of nitrogens with one attached hydrogen (secondary N) is 2. The maximum absolute atomic E-state index is 5.89. The molecule has 0 saturated carbocycles. The first-order valence-corrected chi connectivity index (χ1v) is 6.65. The number of hydrogen-bond donors (Lipinski definition) is 2. The summed E-state index contributed by atoms with van der Waals surface area (Å²) in [5, 5.41) is 7.03. The van der Waals surface area contributed by atoms with Crippen molar-refractivity contribution >= 4 is 11.4 Å². The lowest BCUT2D eigenvalue weighted by Gasteiger charge is -2.27. The van der Waals surface area contributed by atoms with Crippen LogP contribution in [0.3, 0.4) is 0 Å². The summed E-state index contributed by atoms with van der Waals surface area (Å²) in [6.07, 6.45) is 1.09. The first-order chi connectivity index (χ1) is 8.24. The summed E-state index contributed by atoms with van der Waals surface area (Å²) in [4.78, 5) is 0. The van der Waals surface area contributed by atoms with Crippen LogP contribution in [0, 0.1) is 5.41 Å². The zero-order valence-corrected chi connectivity index (χ0v) is 11.8. The van der Waals surface area contributed by atoms with Gasteiger partial charge in [0.1, 0.15) is 5.75 Å². The quantitative estimate of drug-likeness (QED) is 0.733. The number of benzene rings is 1. The number of hydrogen-bond acceptors (Lipinski definition) is 3. The summed E-state index contributed by atoms with van der Waals surface area (Å²) < 4.78 is 5.89. The Morgan fingerprint density at radius 2 is 1.94 bits per heavy atom. The molecule has 0 bridgehead atoms. The molecule has 0 amide bonds. The third-order valence-electron chi connectivity index (χ3n) is 3.81. The summed E-state index contributed by atoms with van der Waals surface area (Å²) in [5.74, 6) is 0.959. The highest BCUT2D eigenvalue weighted by molar-refractivity contribution is 5.72. The Hall–Kier alpha value is -1.38. The highest BCUT2D eigenvalue weighted by Gasteiger charge is 2.35. The van der Waals surface area contributed by atoms with E-state index in [1.807, 2.05) is 13.8 Å². The van der Waals surface area contributed by atoms with Crippen molar-refractivity contribution in [3.8, 4) is 5.75 Å². The van der Waals surface area contributed by atoms with Crippen LogP contribution in [0.4, 0.5) is 11.4 Å². The van der Waals surface area contributed by atoms with Crippen LogP contribution in [0.1, 0.15) is 40.2 Å². The fraction of sp³-hybridized carbons (Fsp3) is 0.600. The predicted molar refractivity (Wildman–Crippen MR) is 75.3 cm³/mol. The molecule has 3 rings (SSSR count). The van der Waals surface area contributed by atoms with E-state index >= 15 is 0 Å². The second-order valence-corrected chi connectivity index (χ2v) is 7.01. The van der Waals surface area contributed by atoms with Crippen LogP contribution in [0.15, 0.2) is 12.1 Å². The minimum atomic E-state index is -0.291. The number of fused-ring (bicyclic) bond motifs is 2. The number of rotatable bonds is 0. The molecular weight excluding hydrogens is 224 g/mol. The molecule has 1 atom stereocenters. The van der Waals surface area contributed by atoms with Crippen molar-refractivity contribution in [3.05, 3.63) is 17.7 Å². The average molecular weight is 246 g/mol. The van der Waals surface area contributed by atoms with Gasteiger partial charge in [0.2, 0.25) is 0 Å². The van der Waals surface area contributed by atoms with Gasteiger partial charge in [0.05, 0.1) is 5.69 Å². The standard InChI is InChI=1S/C15H22N2O/c1-14(2,3)13-7-9-6-11-12(8-10(9)16-13)18-15(4,5)17-11/h6,8,13,16-17H,7H2,1-5H3. The van der Waals surface area contributed by atoms with E-state index in [9.17, 15) is 0 Å². The van der Waals surface area contributed by atoms with Crippen molar-refractivity contribution in [1.82, 2.24) is 0 Å². The minimum Gasteiger partial charge on any atom is -0.467 e. The van der Waals surface area contributed by atoms with Crippen LogP contribution in [0.25, 0.3) is 0 Å². The molecule has 3 heteroatoms. The molecule has 98 valence electrons. The maximum atomic E-state index is 5.89. The Kier molecular flexibility index (Phi) is 2.17. The largest absolute Gasteiger partial charge is 0.467 e. The lowest BCUT2D eigenvalue weighted by atomic mass is 9.85. The van der Waals surface area contributed by atoms with Crippen LogP contribution in [0.2, 0.25) is 0 Å². The molecule has 0 aromatic heterocycles. The molecule has 3 nitrogen and oxygen atoms in total. The van der Waals surface area contributed by atoms with Gasteiger partial charge in [-0.05, 0) is 37.3 Å². The fourth-order valence-corrected chi connectivity index (χ4v) is 2.72. The first-order valence-electron chi connectivity index (χ1n) is 6.65. The van der Waals surface area contributed by atoms with Crippen LogP contribution >= 0.6 is 0 Å². The van der Waals surface area contributed by atoms with Crippen molar-refractivity contribution in [2.24, 2.45) is 5.41 Å². The summed E-state index contributed by atoms with van der Waals surface area (Å²) in [7, 11) is 0. The molecule has 0 spiro atoms. The minimum absolute atomic E-state index is 0.275. The van der Waals surface area contributed by atoms with Crippen molar-refractivity contribution in [2.75, 3.05) is 10.6 Å². The molecule has 1 aromatic rings. The van der Waals surface area contributed by atoms with Gasteiger partial charge in [0, 0.05) is 17.8 Å². The van der Waals surface area contributed by atoms with Gasteiger partial charge in [0.15, 0.2) is 5.72 Å². The third kappa shape index (κ3) is 1.82. The van der Waals surface area contributed by atoms with Crippen molar-refractivity contribution < 1.29 is 4.74 Å². The van der Waals surface area contributed by atoms with Gasteiger partial charge < -0.3 is 15.4 Å². The van der Waals surface area contributed by atoms with Gasteiger partial charge in [-0.3, -0.25) is 0 Å². The van der Waals surface area contributed by atoms with Gasteiger partial charge in [0.25, 0.3) is 0 Å². The lowest BCUT2D eigenvalue weighted by molar-refractivity contribution is 0.162. The van der Waals surface area contributed by atoms with Crippen LogP contribution in [-0.4, -0.2) is 11.8 Å². The van der Waals surface area contributed by atoms with E-state index in [0.717, 1.165) is 17.9 Å². The topological polar surface area (TPSA) is 33.3 Å². The summed E-state index contributed by atoms with van der Waals surface area (Å²) in [6.45, 7) is 10.9. The van der Waals surface area contributed by atoms with E-state index in [1.54, 1.807) is 0 Å². The molecule has 2 N–H and O–H groups in total. The van der Waals surface area contributed by atoms with Gasteiger partial charge >= 0.3 is 0 Å². The molecule has 18 heavy (non-hydrogen) atoms. The van der Waals surface area contributed by atoms with Crippen LogP contribution in [-0.2, 0) is 6.42 Å². The van der Waals surface area contributed by atoms with Gasteiger partial charge in [-0.1, -0.05) is 20.8 Å². The highest BCUT2D eigenvalue weighted by atomic mass is 16.5. The van der Waals surface area contributed by atoms with Gasteiger partial charge in [-0.2, -0.15) is 0 Å². The van der Waals surface area contributed by atoms with Crippen LogP contribution < -0.4 is 15.4 Å². The molecule has 0 radical (unpaired) electrons. The molecule has 2 aliphatic heterocycles. The summed E-state index contributed by atoms with van der Waals surface area (Å²) >= 11 is 0. The normalized spacial score (nSPS) is 23.7. The summed E-state index contributed by atoms with van der Waals surface area (Å²) in [6, 6.07) is 4.87. The number of ether oxygens (including phenoxy) is 1. The highest BCUT2D eigenvalue weighted by Crippen LogP contribution is 2.44. The van der Waals surface area contributed by atoms with Crippen molar-refractivity contribution in [2.45, 2.75) is 52.8 Å². The van der Waals surface area contributed by atoms with Crippen LogP contribution in [0.5, 0.6) is 5.75 Å². The maximum Gasteiger partial charge on any atom is 0.175 e. The summed E-state index contributed by atoms with van der Waals surface area (Å²) in [5.41, 5.74) is 3.73. The fourth-order valence-electron chi connectivity index (χ4n) is 2.72. The Bertz CT molecular complexity index is 463. The zero-order valence-electron chi connectivity index (χ0n) is 11.8. The van der Waals surface area contributed by atoms with E-state index < -0.39 is 0 Å². The molecule has 2 heterocycles.